The molecule has 0 aliphatic carbocycles. The fourth-order valence-corrected chi connectivity index (χ4v) is 4.99. The maximum Gasteiger partial charge on any atom is 0.328 e. The van der Waals surface area contributed by atoms with Gasteiger partial charge in [-0.15, -0.1) is 0 Å². The number of hydrogen-bond acceptors (Lipinski definition) is 6. The van der Waals surface area contributed by atoms with Crippen molar-refractivity contribution >= 4 is 35.1 Å². The van der Waals surface area contributed by atoms with Gasteiger partial charge in [-0.05, 0) is 12.1 Å². The lowest BCUT2D eigenvalue weighted by Crippen LogP contribution is -2.67. The summed E-state index contributed by atoms with van der Waals surface area (Å²) in [5, 5.41) is 0. The molecule has 2 aliphatic heterocycles. The van der Waals surface area contributed by atoms with Gasteiger partial charge in [0.25, 0.3) is 11.8 Å². The van der Waals surface area contributed by atoms with Crippen molar-refractivity contribution in [3.63, 3.8) is 0 Å². The third-order valence-electron chi connectivity index (χ3n) is 6.25. The quantitative estimate of drug-likeness (QED) is 0.526. The number of carbonyl (C=O) groups is 4. The molecule has 0 N–H and O–H groups in total. The van der Waals surface area contributed by atoms with Gasteiger partial charge in [-0.3, -0.25) is 19.2 Å². The van der Waals surface area contributed by atoms with Gasteiger partial charge in [0.1, 0.15) is 11.6 Å². The van der Waals surface area contributed by atoms with Crippen molar-refractivity contribution in [2.24, 2.45) is 0 Å². The number of benzene rings is 2. The lowest BCUT2D eigenvalue weighted by Gasteiger charge is -2.39. The third-order valence-corrected chi connectivity index (χ3v) is 6.25. The van der Waals surface area contributed by atoms with Crippen LogP contribution in [-0.2, 0) is 39.5 Å². The van der Waals surface area contributed by atoms with Gasteiger partial charge >= 0.3 is 11.9 Å². The van der Waals surface area contributed by atoms with Crippen LogP contribution in [0.5, 0.6) is 0 Å². The van der Waals surface area contributed by atoms with Crippen LogP contribution >= 0.6 is 0 Å². The van der Waals surface area contributed by atoms with E-state index in [2.05, 4.69) is 0 Å². The Morgan fingerprint density at radius 1 is 0.750 bits per heavy atom. The first-order chi connectivity index (χ1) is 15.1. The molecule has 32 heavy (non-hydrogen) atoms. The Hall–Kier alpha value is -3.82. The molecule has 0 spiro atoms. The van der Waals surface area contributed by atoms with Crippen molar-refractivity contribution in [3.8, 4) is 0 Å². The summed E-state index contributed by atoms with van der Waals surface area (Å²) in [4.78, 5) is 56.2. The van der Waals surface area contributed by atoms with Crippen molar-refractivity contribution in [2.75, 3.05) is 38.1 Å². The average molecular weight is 444 g/mol. The minimum Gasteiger partial charge on any atom is -0.468 e. The standard InChI is InChI=1S/C22H18F2N2O6/c1-25-15-11(7-5-9-13(15)23)21(17(25)27,19(29)31-3)22(20(30)32-4)12-8-6-10-14(24)16(12)26(2)18(22)28/h5-10H,1-4H3/t21-,22-/m1/s1. The molecule has 2 atom stereocenters. The van der Waals surface area contributed by atoms with Crippen molar-refractivity contribution in [1.82, 2.24) is 0 Å². The maximum atomic E-state index is 14.8. The summed E-state index contributed by atoms with van der Waals surface area (Å²) in [5.74, 6) is -6.47. The van der Waals surface area contributed by atoms with Crippen LogP contribution in [-0.4, -0.2) is 52.1 Å². The highest BCUT2D eigenvalue weighted by Gasteiger charge is 2.79. The van der Waals surface area contributed by atoms with E-state index in [0.717, 1.165) is 36.2 Å². The predicted molar refractivity (Wildman–Crippen MR) is 107 cm³/mol. The Kier molecular flexibility index (Phi) is 4.58. The van der Waals surface area contributed by atoms with Crippen LogP contribution in [0.2, 0.25) is 0 Å². The summed E-state index contributed by atoms with van der Waals surface area (Å²) in [7, 11) is 4.34. The molecule has 0 fully saturated rings. The first kappa shape index (κ1) is 21.4. The SMILES string of the molecule is COC(=O)[C@]1([C@@]2(C(=O)OC)C(=O)N(C)c3c(F)cccc32)C(=O)N(C)c2c(F)cccc21. The highest BCUT2D eigenvalue weighted by molar-refractivity contribution is 6.34. The number of ether oxygens (including phenoxy) is 2. The minimum absolute atomic E-state index is 0.263. The molecule has 0 unspecified atom stereocenters. The first-order valence-electron chi connectivity index (χ1n) is 9.45. The van der Waals surface area contributed by atoms with E-state index in [1.165, 1.54) is 38.4 Å². The molecule has 0 saturated carbocycles. The zero-order chi connectivity index (χ0) is 23.6. The van der Waals surface area contributed by atoms with Crippen LogP contribution in [0.1, 0.15) is 11.1 Å². The van der Waals surface area contributed by atoms with Crippen LogP contribution in [0.25, 0.3) is 0 Å². The van der Waals surface area contributed by atoms with Crippen molar-refractivity contribution in [2.45, 2.75) is 10.8 Å². The smallest absolute Gasteiger partial charge is 0.328 e. The summed E-state index contributed by atoms with van der Waals surface area (Å²) in [6.07, 6.45) is 0. The maximum absolute atomic E-state index is 14.8. The van der Waals surface area contributed by atoms with E-state index in [9.17, 15) is 28.0 Å². The van der Waals surface area contributed by atoms with Gasteiger partial charge in [-0.2, -0.15) is 0 Å². The van der Waals surface area contributed by atoms with Crippen LogP contribution in [0, 0.1) is 11.6 Å². The van der Waals surface area contributed by atoms with E-state index in [4.69, 9.17) is 9.47 Å². The largest absolute Gasteiger partial charge is 0.468 e. The van der Waals surface area contributed by atoms with E-state index < -0.39 is 46.2 Å². The number of halogens is 2. The monoisotopic (exact) mass is 444 g/mol. The molecule has 0 bridgehead atoms. The summed E-state index contributed by atoms with van der Waals surface area (Å²) in [5.41, 5.74) is -6.53. The molecular weight excluding hydrogens is 426 g/mol. The highest BCUT2D eigenvalue weighted by Crippen LogP contribution is 2.59. The number of esters is 2. The molecule has 0 radical (unpaired) electrons. The first-order valence-corrected chi connectivity index (χ1v) is 9.45. The Labute approximate surface area is 181 Å². The van der Waals surface area contributed by atoms with Crippen LogP contribution in [0.15, 0.2) is 36.4 Å². The average Bonchev–Trinajstić information content (AvgIpc) is 3.15. The Morgan fingerprint density at radius 3 is 1.41 bits per heavy atom. The number of amides is 2. The van der Waals surface area contributed by atoms with E-state index >= 15 is 0 Å². The number of fused-ring (bicyclic) bond motifs is 2. The van der Waals surface area contributed by atoms with Gasteiger partial charge in [0.15, 0.2) is 0 Å². The molecule has 0 saturated heterocycles. The molecule has 10 heteroatoms. The van der Waals surface area contributed by atoms with Crippen molar-refractivity contribution in [1.29, 1.82) is 0 Å². The second-order valence-corrected chi connectivity index (χ2v) is 7.48. The van der Waals surface area contributed by atoms with Gasteiger partial charge < -0.3 is 19.3 Å². The van der Waals surface area contributed by atoms with Gasteiger partial charge in [0, 0.05) is 25.2 Å². The lowest BCUT2D eigenvalue weighted by molar-refractivity contribution is -0.168. The van der Waals surface area contributed by atoms with Crippen LogP contribution in [0.3, 0.4) is 0 Å². The summed E-state index contributed by atoms with van der Waals surface area (Å²) < 4.78 is 39.5. The molecule has 166 valence electrons. The zero-order valence-electron chi connectivity index (χ0n) is 17.6. The molecule has 2 heterocycles. The van der Waals surface area contributed by atoms with Crippen molar-refractivity contribution < 1.29 is 37.4 Å². The topological polar surface area (TPSA) is 93.2 Å². The van der Waals surface area contributed by atoms with E-state index in [0.29, 0.717) is 0 Å². The molecule has 2 amide bonds. The second-order valence-electron chi connectivity index (χ2n) is 7.48. The molecular formula is C22H18F2N2O6. The minimum atomic E-state index is -2.70. The fourth-order valence-electron chi connectivity index (χ4n) is 4.99. The van der Waals surface area contributed by atoms with Crippen LogP contribution < -0.4 is 9.80 Å². The van der Waals surface area contributed by atoms with E-state index in [1.54, 1.807) is 0 Å². The summed E-state index contributed by atoms with van der Waals surface area (Å²) in [6.45, 7) is 0. The number of hydrogen-bond donors (Lipinski definition) is 0. The third kappa shape index (κ3) is 2.09. The van der Waals surface area contributed by atoms with E-state index in [-0.39, 0.29) is 22.5 Å². The summed E-state index contributed by atoms with van der Waals surface area (Å²) in [6, 6.07) is 7.11. The Bertz CT molecular complexity index is 1120. The van der Waals surface area contributed by atoms with Gasteiger partial charge in [-0.1, -0.05) is 24.3 Å². The highest BCUT2D eigenvalue weighted by atomic mass is 19.1. The molecule has 2 aliphatic rings. The Morgan fingerprint density at radius 2 is 1.09 bits per heavy atom. The fraction of sp³-hybridized carbons (Fsp3) is 0.273. The molecule has 2 aromatic rings. The zero-order valence-corrected chi connectivity index (χ0v) is 17.6. The van der Waals surface area contributed by atoms with Gasteiger partial charge in [0.05, 0.1) is 25.6 Å². The van der Waals surface area contributed by atoms with Gasteiger partial charge in [0.2, 0.25) is 10.8 Å². The number of para-hydroxylation sites is 2. The number of anilines is 2. The number of methoxy groups -OCH3 is 2. The number of carbonyl (C=O) groups excluding carboxylic acids is 4. The second kappa shape index (κ2) is 6.84. The van der Waals surface area contributed by atoms with E-state index in [1.807, 2.05) is 0 Å². The Balaban J connectivity index is 2.28. The number of rotatable bonds is 3. The number of likely N-dealkylation sites (N-methyl/N-ethyl adjacent to an activating group) is 2. The van der Waals surface area contributed by atoms with Crippen LogP contribution in [0.4, 0.5) is 20.2 Å². The molecule has 8 nitrogen and oxygen atoms in total. The predicted octanol–water partition coefficient (Wildman–Crippen LogP) is 1.44. The van der Waals surface area contributed by atoms with Gasteiger partial charge in [-0.25, -0.2) is 8.78 Å². The molecule has 0 aromatic heterocycles. The molecule has 4 rings (SSSR count). The lowest BCUT2D eigenvalue weighted by atomic mass is 9.57. The number of nitrogens with zero attached hydrogens (tertiary/aromatic N) is 2. The van der Waals surface area contributed by atoms with Crippen molar-refractivity contribution in [3.05, 3.63) is 59.2 Å². The molecule has 2 aromatic carbocycles. The normalized spacial score (nSPS) is 23.8. The summed E-state index contributed by atoms with van der Waals surface area (Å²) >= 11 is 0.